The number of carbonyl (C=O) groups excluding carboxylic acids is 1. The first kappa shape index (κ1) is 14.7. The zero-order chi connectivity index (χ0) is 13.6. The average molecular weight is 248 g/mol. The second kappa shape index (κ2) is 6.55. The van der Waals surface area contributed by atoms with E-state index in [-0.39, 0.29) is 11.4 Å². The maximum Gasteiger partial charge on any atom is 0.241 e. The van der Waals surface area contributed by atoms with Crippen molar-refractivity contribution in [2.45, 2.75) is 51.6 Å². The van der Waals surface area contributed by atoms with Crippen LogP contribution in [0.5, 0.6) is 0 Å². The fraction of sp³-hybridized carbons (Fsp3) is 0.533. The van der Waals surface area contributed by atoms with Gasteiger partial charge in [0.1, 0.15) is 6.04 Å². The van der Waals surface area contributed by atoms with Crippen LogP contribution in [-0.2, 0) is 4.79 Å². The van der Waals surface area contributed by atoms with Gasteiger partial charge in [0.15, 0.2) is 0 Å². The summed E-state index contributed by atoms with van der Waals surface area (Å²) in [4.78, 5) is 12.2. The summed E-state index contributed by atoms with van der Waals surface area (Å²) in [5.74, 6) is -0.0910. The van der Waals surface area contributed by atoms with E-state index in [2.05, 4.69) is 26.1 Å². The van der Waals surface area contributed by atoms with Gasteiger partial charge in [-0.25, -0.2) is 0 Å². The van der Waals surface area contributed by atoms with Crippen molar-refractivity contribution in [2.24, 2.45) is 5.73 Å². The Hall–Kier alpha value is -1.35. The van der Waals surface area contributed by atoms with Crippen molar-refractivity contribution in [3.8, 4) is 0 Å². The normalized spacial score (nSPS) is 13.1. The predicted molar refractivity (Wildman–Crippen MR) is 75.1 cm³/mol. The van der Waals surface area contributed by atoms with Gasteiger partial charge in [-0.1, -0.05) is 51.1 Å². The molecule has 1 aromatic carbocycles. The Bertz CT molecular complexity index is 363. The lowest BCUT2D eigenvalue weighted by Crippen LogP contribution is -2.50. The average Bonchev–Trinajstić information content (AvgIpc) is 2.45. The second-order valence-electron chi connectivity index (χ2n) is 4.72. The molecule has 1 atom stereocenters. The van der Waals surface area contributed by atoms with Gasteiger partial charge < -0.3 is 11.1 Å². The van der Waals surface area contributed by atoms with E-state index in [0.29, 0.717) is 0 Å². The summed E-state index contributed by atoms with van der Waals surface area (Å²) in [7, 11) is 0. The highest BCUT2D eigenvalue weighted by Gasteiger charge is 2.28. The Morgan fingerprint density at radius 2 is 1.67 bits per heavy atom. The van der Waals surface area contributed by atoms with E-state index in [4.69, 9.17) is 5.73 Å². The number of amides is 1. The van der Waals surface area contributed by atoms with Gasteiger partial charge >= 0.3 is 0 Å². The zero-order valence-corrected chi connectivity index (χ0v) is 11.6. The topological polar surface area (TPSA) is 55.1 Å². The number of benzene rings is 1. The van der Waals surface area contributed by atoms with Crippen molar-refractivity contribution in [1.29, 1.82) is 0 Å². The summed E-state index contributed by atoms with van der Waals surface area (Å²) < 4.78 is 0. The van der Waals surface area contributed by atoms with Crippen molar-refractivity contribution in [1.82, 2.24) is 5.32 Å². The molecule has 0 radical (unpaired) electrons. The Labute approximate surface area is 110 Å². The Balaban J connectivity index is 2.76. The maximum absolute atomic E-state index is 12.2. The molecule has 0 saturated carbocycles. The highest BCUT2D eigenvalue weighted by atomic mass is 16.2. The molecule has 0 aliphatic carbocycles. The molecule has 3 nitrogen and oxygen atoms in total. The van der Waals surface area contributed by atoms with Crippen LogP contribution in [0.15, 0.2) is 30.3 Å². The third-order valence-electron chi connectivity index (χ3n) is 3.86. The fourth-order valence-corrected chi connectivity index (χ4v) is 2.17. The van der Waals surface area contributed by atoms with E-state index in [1.165, 1.54) is 0 Å². The molecule has 0 aromatic heterocycles. The van der Waals surface area contributed by atoms with Gasteiger partial charge in [-0.2, -0.15) is 0 Å². The van der Waals surface area contributed by atoms with Crippen LogP contribution in [-0.4, -0.2) is 11.4 Å². The molecule has 1 rings (SSSR count). The number of nitrogens with two attached hydrogens (primary N) is 1. The van der Waals surface area contributed by atoms with Gasteiger partial charge in [0, 0.05) is 5.54 Å². The molecule has 3 heteroatoms. The van der Waals surface area contributed by atoms with Crippen molar-refractivity contribution < 1.29 is 4.79 Å². The number of hydrogen-bond acceptors (Lipinski definition) is 2. The number of carbonyl (C=O) groups is 1. The molecule has 0 aliphatic rings. The quantitative estimate of drug-likeness (QED) is 0.813. The van der Waals surface area contributed by atoms with Gasteiger partial charge in [-0.3, -0.25) is 4.79 Å². The van der Waals surface area contributed by atoms with Crippen LogP contribution < -0.4 is 11.1 Å². The van der Waals surface area contributed by atoms with E-state index >= 15 is 0 Å². The molecule has 1 aromatic rings. The van der Waals surface area contributed by atoms with Crippen LogP contribution in [0.3, 0.4) is 0 Å². The molecule has 0 saturated heterocycles. The fourth-order valence-electron chi connectivity index (χ4n) is 2.17. The van der Waals surface area contributed by atoms with Crippen molar-refractivity contribution in [3.05, 3.63) is 35.9 Å². The Morgan fingerprint density at radius 3 is 2.11 bits per heavy atom. The van der Waals surface area contributed by atoms with Gasteiger partial charge in [0.25, 0.3) is 0 Å². The largest absolute Gasteiger partial charge is 0.349 e. The molecule has 3 N–H and O–H groups in total. The first-order valence-electron chi connectivity index (χ1n) is 6.71. The highest BCUT2D eigenvalue weighted by Crippen LogP contribution is 2.21. The van der Waals surface area contributed by atoms with Crippen LogP contribution in [0.2, 0.25) is 0 Å². The van der Waals surface area contributed by atoms with Gasteiger partial charge in [0.05, 0.1) is 0 Å². The lowest BCUT2D eigenvalue weighted by molar-refractivity contribution is -0.124. The van der Waals surface area contributed by atoms with Gasteiger partial charge in [0.2, 0.25) is 5.91 Å². The third-order valence-corrected chi connectivity index (χ3v) is 3.86. The molecule has 0 aliphatic heterocycles. The second-order valence-corrected chi connectivity index (χ2v) is 4.72. The molecule has 1 amide bonds. The van der Waals surface area contributed by atoms with Crippen molar-refractivity contribution in [3.63, 3.8) is 0 Å². The Kier molecular flexibility index (Phi) is 5.35. The molecule has 0 fully saturated rings. The van der Waals surface area contributed by atoms with Crippen molar-refractivity contribution in [2.75, 3.05) is 0 Å². The highest BCUT2D eigenvalue weighted by molar-refractivity contribution is 5.83. The molecular weight excluding hydrogens is 224 g/mol. The molecule has 0 spiro atoms. The first-order valence-corrected chi connectivity index (χ1v) is 6.71. The maximum atomic E-state index is 12.2. The SMILES string of the molecule is CCC(CC)(CC)NC(=O)C(N)c1ccccc1. The van der Waals surface area contributed by atoms with Crippen LogP contribution >= 0.6 is 0 Å². The predicted octanol–water partition coefficient (Wildman–Crippen LogP) is 2.77. The first-order chi connectivity index (χ1) is 8.58. The minimum Gasteiger partial charge on any atom is -0.349 e. The minimum atomic E-state index is -0.588. The summed E-state index contributed by atoms with van der Waals surface area (Å²) in [5.41, 5.74) is 6.73. The summed E-state index contributed by atoms with van der Waals surface area (Å²) in [5, 5.41) is 3.11. The summed E-state index contributed by atoms with van der Waals surface area (Å²) in [6.07, 6.45) is 2.77. The van der Waals surface area contributed by atoms with Crippen LogP contribution in [0, 0.1) is 0 Å². The van der Waals surface area contributed by atoms with E-state index in [1.54, 1.807) is 0 Å². The molecule has 18 heavy (non-hydrogen) atoms. The summed E-state index contributed by atoms with van der Waals surface area (Å²) in [6.45, 7) is 6.30. The minimum absolute atomic E-state index is 0.0910. The smallest absolute Gasteiger partial charge is 0.241 e. The van der Waals surface area contributed by atoms with E-state index in [1.807, 2.05) is 30.3 Å². The Morgan fingerprint density at radius 1 is 1.17 bits per heavy atom. The van der Waals surface area contributed by atoms with E-state index in [0.717, 1.165) is 24.8 Å². The lowest BCUT2D eigenvalue weighted by atomic mass is 9.89. The van der Waals surface area contributed by atoms with Gasteiger partial charge in [-0.05, 0) is 24.8 Å². The molecule has 0 bridgehead atoms. The lowest BCUT2D eigenvalue weighted by Gasteiger charge is -2.33. The van der Waals surface area contributed by atoms with Crippen LogP contribution in [0.25, 0.3) is 0 Å². The van der Waals surface area contributed by atoms with Crippen molar-refractivity contribution >= 4 is 5.91 Å². The molecule has 1 unspecified atom stereocenters. The third kappa shape index (κ3) is 3.33. The van der Waals surface area contributed by atoms with Crippen LogP contribution in [0.1, 0.15) is 51.6 Å². The van der Waals surface area contributed by atoms with Crippen LogP contribution in [0.4, 0.5) is 0 Å². The molecular formula is C15H24N2O. The zero-order valence-electron chi connectivity index (χ0n) is 11.6. The molecule has 100 valence electrons. The number of nitrogens with one attached hydrogen (secondary N) is 1. The molecule has 0 heterocycles. The van der Waals surface area contributed by atoms with E-state index in [9.17, 15) is 4.79 Å². The standard InChI is InChI=1S/C15H24N2O/c1-4-15(5-2,6-3)17-14(18)13(16)12-10-8-7-9-11-12/h7-11,13H,4-6,16H2,1-3H3,(H,17,18). The van der Waals surface area contributed by atoms with E-state index < -0.39 is 6.04 Å². The summed E-state index contributed by atoms with van der Waals surface area (Å²) in [6, 6.07) is 8.90. The number of hydrogen-bond donors (Lipinski definition) is 2. The van der Waals surface area contributed by atoms with Gasteiger partial charge in [-0.15, -0.1) is 0 Å². The summed E-state index contributed by atoms with van der Waals surface area (Å²) >= 11 is 0. The number of rotatable bonds is 6. The monoisotopic (exact) mass is 248 g/mol.